The van der Waals surface area contributed by atoms with E-state index in [9.17, 15) is 4.79 Å². The van der Waals surface area contributed by atoms with Crippen LogP contribution in [0.3, 0.4) is 0 Å². The third kappa shape index (κ3) is 4.51. The molecule has 0 radical (unpaired) electrons. The summed E-state index contributed by atoms with van der Waals surface area (Å²) in [7, 11) is 1.66. The molecule has 6 nitrogen and oxygen atoms in total. The fourth-order valence-electron chi connectivity index (χ4n) is 3.28. The SMILES string of the molecule is COc1ccc(OC2CCN(c3cc(C(=O)NC4CC4)ccn3)CC2)cc1. The number of anilines is 1. The Balaban J connectivity index is 1.32. The van der Waals surface area contributed by atoms with Crippen molar-refractivity contribution < 1.29 is 14.3 Å². The number of hydrogen-bond acceptors (Lipinski definition) is 5. The lowest BCUT2D eigenvalue weighted by atomic mass is 10.1. The van der Waals surface area contributed by atoms with E-state index < -0.39 is 0 Å². The number of amides is 1. The minimum atomic E-state index is -0.00104. The summed E-state index contributed by atoms with van der Waals surface area (Å²) in [6, 6.07) is 11.7. The smallest absolute Gasteiger partial charge is 0.251 e. The molecule has 1 N–H and O–H groups in total. The zero-order valence-corrected chi connectivity index (χ0v) is 15.6. The van der Waals surface area contributed by atoms with E-state index in [2.05, 4.69) is 15.2 Å². The van der Waals surface area contributed by atoms with Gasteiger partial charge in [-0.05, 0) is 49.2 Å². The van der Waals surface area contributed by atoms with E-state index in [4.69, 9.17) is 9.47 Å². The molecule has 1 aliphatic carbocycles. The second-order valence-electron chi connectivity index (χ2n) is 7.13. The number of hydrogen-bond donors (Lipinski definition) is 1. The van der Waals surface area contributed by atoms with Crippen molar-refractivity contribution >= 4 is 11.7 Å². The summed E-state index contributed by atoms with van der Waals surface area (Å²) in [4.78, 5) is 18.9. The maximum absolute atomic E-state index is 12.2. The summed E-state index contributed by atoms with van der Waals surface area (Å²) >= 11 is 0. The average molecular weight is 367 g/mol. The van der Waals surface area contributed by atoms with Crippen molar-refractivity contribution in [2.24, 2.45) is 0 Å². The molecule has 1 aliphatic heterocycles. The van der Waals surface area contributed by atoms with Crippen LogP contribution in [0.2, 0.25) is 0 Å². The number of ether oxygens (including phenoxy) is 2. The Labute approximate surface area is 159 Å². The summed E-state index contributed by atoms with van der Waals surface area (Å²) in [5, 5.41) is 3.03. The van der Waals surface area contributed by atoms with E-state index in [-0.39, 0.29) is 12.0 Å². The van der Waals surface area contributed by atoms with Crippen molar-refractivity contribution in [3.05, 3.63) is 48.2 Å². The van der Waals surface area contributed by atoms with E-state index in [1.165, 1.54) is 0 Å². The number of methoxy groups -OCH3 is 1. The van der Waals surface area contributed by atoms with Crippen LogP contribution in [0.5, 0.6) is 11.5 Å². The van der Waals surface area contributed by atoms with Gasteiger partial charge in [0.1, 0.15) is 23.4 Å². The molecular formula is C21H25N3O3. The molecule has 0 atom stereocenters. The Bertz CT molecular complexity index is 782. The van der Waals surface area contributed by atoms with Crippen LogP contribution in [-0.4, -0.2) is 43.2 Å². The van der Waals surface area contributed by atoms with Gasteiger partial charge < -0.3 is 19.7 Å². The molecule has 6 heteroatoms. The van der Waals surface area contributed by atoms with Gasteiger partial charge in [-0.15, -0.1) is 0 Å². The van der Waals surface area contributed by atoms with Crippen LogP contribution in [0.25, 0.3) is 0 Å². The molecule has 142 valence electrons. The molecule has 2 fully saturated rings. The number of piperidine rings is 1. The molecule has 0 unspecified atom stereocenters. The van der Waals surface area contributed by atoms with E-state index in [0.717, 1.165) is 56.1 Å². The van der Waals surface area contributed by atoms with Crippen molar-refractivity contribution in [2.75, 3.05) is 25.1 Å². The molecular weight excluding hydrogens is 342 g/mol. The van der Waals surface area contributed by atoms with Crippen LogP contribution in [0.15, 0.2) is 42.6 Å². The van der Waals surface area contributed by atoms with Crippen LogP contribution < -0.4 is 19.7 Å². The molecule has 1 saturated carbocycles. The van der Waals surface area contributed by atoms with Crippen LogP contribution in [0.1, 0.15) is 36.0 Å². The molecule has 27 heavy (non-hydrogen) atoms. The Kier molecular flexibility index (Phi) is 5.14. The normalized spacial score (nSPS) is 17.4. The maximum Gasteiger partial charge on any atom is 0.251 e. The third-order valence-corrected chi connectivity index (χ3v) is 5.05. The number of aromatic nitrogens is 1. The number of nitrogens with zero attached hydrogens (tertiary/aromatic N) is 2. The van der Waals surface area contributed by atoms with Gasteiger partial charge in [-0.2, -0.15) is 0 Å². The van der Waals surface area contributed by atoms with E-state index in [1.807, 2.05) is 30.3 Å². The predicted octanol–water partition coefficient (Wildman–Crippen LogP) is 3.03. The number of carbonyl (C=O) groups excluding carboxylic acids is 1. The first kappa shape index (κ1) is 17.6. The summed E-state index contributed by atoms with van der Waals surface area (Å²) in [6.07, 6.45) is 5.93. The fourth-order valence-corrected chi connectivity index (χ4v) is 3.28. The van der Waals surface area contributed by atoms with Crippen LogP contribution in [0.4, 0.5) is 5.82 Å². The number of benzene rings is 1. The molecule has 2 heterocycles. The Morgan fingerprint density at radius 3 is 2.44 bits per heavy atom. The Hall–Kier alpha value is -2.76. The summed E-state index contributed by atoms with van der Waals surface area (Å²) in [5.74, 6) is 2.56. The maximum atomic E-state index is 12.2. The lowest BCUT2D eigenvalue weighted by Gasteiger charge is -2.33. The molecule has 4 rings (SSSR count). The number of rotatable bonds is 6. The minimum Gasteiger partial charge on any atom is -0.497 e. The summed E-state index contributed by atoms with van der Waals surface area (Å²) in [5.41, 5.74) is 0.684. The minimum absolute atomic E-state index is 0.00104. The van der Waals surface area contributed by atoms with Crippen molar-refractivity contribution in [3.8, 4) is 11.5 Å². The predicted molar refractivity (Wildman–Crippen MR) is 104 cm³/mol. The van der Waals surface area contributed by atoms with Gasteiger partial charge in [-0.25, -0.2) is 4.98 Å². The molecule has 1 saturated heterocycles. The molecule has 1 amide bonds. The molecule has 0 bridgehead atoms. The van der Waals surface area contributed by atoms with Gasteiger partial charge in [0.15, 0.2) is 0 Å². The lowest BCUT2D eigenvalue weighted by Crippen LogP contribution is -2.38. The van der Waals surface area contributed by atoms with Gasteiger partial charge in [0, 0.05) is 43.7 Å². The quantitative estimate of drug-likeness (QED) is 0.850. The Morgan fingerprint density at radius 2 is 1.78 bits per heavy atom. The lowest BCUT2D eigenvalue weighted by molar-refractivity contribution is 0.0951. The zero-order valence-electron chi connectivity index (χ0n) is 15.6. The Morgan fingerprint density at radius 1 is 1.07 bits per heavy atom. The van der Waals surface area contributed by atoms with Gasteiger partial charge in [-0.1, -0.05) is 0 Å². The molecule has 1 aromatic heterocycles. The van der Waals surface area contributed by atoms with Crippen molar-refractivity contribution in [3.63, 3.8) is 0 Å². The summed E-state index contributed by atoms with van der Waals surface area (Å²) < 4.78 is 11.3. The first-order chi connectivity index (χ1) is 13.2. The van der Waals surface area contributed by atoms with Gasteiger partial charge in [-0.3, -0.25) is 4.79 Å². The van der Waals surface area contributed by atoms with Crippen molar-refractivity contribution in [2.45, 2.75) is 37.8 Å². The van der Waals surface area contributed by atoms with Crippen molar-refractivity contribution in [1.29, 1.82) is 0 Å². The summed E-state index contributed by atoms with van der Waals surface area (Å²) in [6.45, 7) is 1.73. The monoisotopic (exact) mass is 367 g/mol. The highest BCUT2D eigenvalue weighted by Gasteiger charge is 2.25. The molecule has 2 aromatic rings. The number of carbonyl (C=O) groups is 1. The molecule has 1 aromatic carbocycles. The third-order valence-electron chi connectivity index (χ3n) is 5.05. The molecule has 0 spiro atoms. The van der Waals surface area contributed by atoms with Gasteiger partial charge in [0.2, 0.25) is 0 Å². The number of pyridine rings is 1. The highest BCUT2D eigenvalue weighted by molar-refractivity contribution is 5.95. The van der Waals surface area contributed by atoms with Crippen LogP contribution >= 0.6 is 0 Å². The van der Waals surface area contributed by atoms with Crippen molar-refractivity contribution in [1.82, 2.24) is 10.3 Å². The largest absolute Gasteiger partial charge is 0.497 e. The number of nitrogens with one attached hydrogen (secondary N) is 1. The van der Waals surface area contributed by atoms with Gasteiger partial charge in [0.25, 0.3) is 5.91 Å². The first-order valence-electron chi connectivity index (χ1n) is 9.54. The van der Waals surface area contributed by atoms with E-state index >= 15 is 0 Å². The molecule has 2 aliphatic rings. The van der Waals surface area contributed by atoms with Gasteiger partial charge >= 0.3 is 0 Å². The fraction of sp³-hybridized carbons (Fsp3) is 0.429. The highest BCUT2D eigenvalue weighted by Crippen LogP contribution is 2.24. The standard InChI is InChI=1S/C21H25N3O3/c1-26-17-4-6-18(7-5-17)27-19-9-12-24(13-10-19)20-14-15(8-11-22-20)21(25)23-16-2-3-16/h4-8,11,14,16,19H,2-3,9-10,12-13H2,1H3,(H,23,25). The highest BCUT2D eigenvalue weighted by atomic mass is 16.5. The topological polar surface area (TPSA) is 63.7 Å². The van der Waals surface area contributed by atoms with E-state index in [1.54, 1.807) is 19.4 Å². The zero-order chi connectivity index (χ0) is 18.6. The average Bonchev–Trinajstić information content (AvgIpc) is 3.53. The second-order valence-corrected chi connectivity index (χ2v) is 7.13. The van der Waals surface area contributed by atoms with Crippen LogP contribution in [0, 0.1) is 0 Å². The van der Waals surface area contributed by atoms with E-state index in [0.29, 0.717) is 11.6 Å². The second kappa shape index (κ2) is 7.86. The van der Waals surface area contributed by atoms with Gasteiger partial charge in [0.05, 0.1) is 7.11 Å². The van der Waals surface area contributed by atoms with Crippen LogP contribution in [-0.2, 0) is 0 Å². The first-order valence-corrected chi connectivity index (χ1v) is 9.54.